The number of carbonyl (C=O) groups is 2. The maximum atomic E-state index is 11.5. The zero-order chi connectivity index (χ0) is 12.7. The van der Waals surface area contributed by atoms with Gasteiger partial charge in [-0.2, -0.15) is 0 Å². The van der Waals surface area contributed by atoms with E-state index >= 15 is 0 Å². The number of carbonyl (C=O) groups excluding carboxylic acids is 2. The highest BCUT2D eigenvalue weighted by Gasteiger charge is 2.07. The third kappa shape index (κ3) is 4.58. The molecule has 0 saturated heterocycles. The second kappa shape index (κ2) is 6.57. The monoisotopic (exact) mass is 238 g/mol. The fourth-order valence-electron chi connectivity index (χ4n) is 1.28. The molecule has 0 aliphatic rings. The summed E-state index contributed by atoms with van der Waals surface area (Å²) in [6.07, 6.45) is 2.73. The average molecular weight is 238 g/mol. The summed E-state index contributed by atoms with van der Waals surface area (Å²) in [5, 5.41) is 5.36. The first-order valence-electron chi connectivity index (χ1n) is 5.62. The summed E-state index contributed by atoms with van der Waals surface area (Å²) >= 11 is 0. The fourth-order valence-corrected chi connectivity index (χ4v) is 1.28. The van der Waals surface area contributed by atoms with Crippen molar-refractivity contribution in [2.24, 2.45) is 0 Å². The van der Waals surface area contributed by atoms with Crippen LogP contribution in [0.4, 0.5) is 5.69 Å². The summed E-state index contributed by atoms with van der Waals surface area (Å²) in [7, 11) is 0. The number of aromatic amines is 1. The van der Waals surface area contributed by atoms with Crippen LogP contribution in [0.5, 0.6) is 0 Å². The summed E-state index contributed by atoms with van der Waals surface area (Å²) in [5.41, 5.74) is 6.38. The molecule has 94 valence electrons. The van der Waals surface area contributed by atoms with Crippen molar-refractivity contribution < 1.29 is 9.59 Å². The molecule has 1 rings (SSSR count). The zero-order valence-corrected chi connectivity index (χ0v) is 9.88. The van der Waals surface area contributed by atoms with Crippen LogP contribution in [0.15, 0.2) is 12.3 Å². The summed E-state index contributed by atoms with van der Waals surface area (Å²) in [4.78, 5) is 25.5. The van der Waals surface area contributed by atoms with Crippen LogP contribution in [0.25, 0.3) is 0 Å². The molecule has 0 atom stereocenters. The predicted molar refractivity (Wildman–Crippen MR) is 65.5 cm³/mol. The standard InChI is InChI=1S/C11H18N4O2/c1-2-4-13-10(16)3-5-14-11(17)9-6-8(12)7-15-9/h6-7,15H,2-5,12H2,1H3,(H,13,16)(H,14,17). The number of anilines is 1. The molecule has 17 heavy (non-hydrogen) atoms. The molecule has 0 unspecified atom stereocenters. The number of hydrogen-bond donors (Lipinski definition) is 4. The minimum atomic E-state index is -0.259. The van der Waals surface area contributed by atoms with Crippen molar-refractivity contribution in [3.8, 4) is 0 Å². The van der Waals surface area contributed by atoms with Gasteiger partial charge in [0, 0.05) is 31.4 Å². The molecule has 0 aliphatic heterocycles. The lowest BCUT2D eigenvalue weighted by atomic mass is 10.3. The lowest BCUT2D eigenvalue weighted by molar-refractivity contribution is -0.120. The molecule has 0 saturated carbocycles. The lowest BCUT2D eigenvalue weighted by Crippen LogP contribution is -2.31. The number of amides is 2. The van der Waals surface area contributed by atoms with Gasteiger partial charge in [-0.3, -0.25) is 9.59 Å². The molecule has 0 radical (unpaired) electrons. The molecule has 0 spiro atoms. The third-order valence-electron chi connectivity index (χ3n) is 2.16. The van der Waals surface area contributed by atoms with Gasteiger partial charge in [0.15, 0.2) is 0 Å². The number of aromatic nitrogens is 1. The van der Waals surface area contributed by atoms with E-state index in [1.165, 1.54) is 0 Å². The molecule has 5 N–H and O–H groups in total. The van der Waals surface area contributed by atoms with E-state index in [1.807, 2.05) is 6.92 Å². The Labute approximate surface area is 100.0 Å². The number of rotatable bonds is 6. The number of hydrogen-bond acceptors (Lipinski definition) is 3. The minimum Gasteiger partial charge on any atom is -0.397 e. The molecule has 2 amide bonds. The van der Waals surface area contributed by atoms with E-state index < -0.39 is 0 Å². The van der Waals surface area contributed by atoms with Crippen LogP contribution in [0.1, 0.15) is 30.3 Å². The first-order chi connectivity index (χ1) is 8.13. The molecule has 0 fully saturated rings. The zero-order valence-electron chi connectivity index (χ0n) is 9.88. The maximum Gasteiger partial charge on any atom is 0.267 e. The van der Waals surface area contributed by atoms with E-state index in [0.717, 1.165) is 6.42 Å². The topological polar surface area (TPSA) is 100 Å². The van der Waals surface area contributed by atoms with Gasteiger partial charge in [0.2, 0.25) is 5.91 Å². The largest absolute Gasteiger partial charge is 0.397 e. The van der Waals surface area contributed by atoms with Gasteiger partial charge < -0.3 is 21.4 Å². The molecule has 6 heteroatoms. The first-order valence-corrected chi connectivity index (χ1v) is 5.62. The Hall–Kier alpha value is -1.98. The van der Waals surface area contributed by atoms with Gasteiger partial charge >= 0.3 is 0 Å². The molecule has 0 aliphatic carbocycles. The summed E-state index contributed by atoms with van der Waals surface area (Å²) in [5.74, 6) is -0.317. The Bertz CT molecular complexity index is 387. The first kappa shape index (κ1) is 13.1. The van der Waals surface area contributed by atoms with Crippen LogP contribution in [0, 0.1) is 0 Å². The van der Waals surface area contributed by atoms with E-state index in [-0.39, 0.29) is 18.2 Å². The van der Waals surface area contributed by atoms with Gasteiger partial charge in [0.1, 0.15) is 5.69 Å². The van der Waals surface area contributed by atoms with Crippen molar-refractivity contribution in [2.45, 2.75) is 19.8 Å². The van der Waals surface area contributed by atoms with Crippen LogP contribution in [0.3, 0.4) is 0 Å². The molecule has 0 aromatic carbocycles. The molecular weight excluding hydrogens is 220 g/mol. The van der Waals surface area contributed by atoms with Gasteiger partial charge in [-0.1, -0.05) is 6.92 Å². The van der Waals surface area contributed by atoms with Gasteiger partial charge in [0.25, 0.3) is 5.91 Å². The predicted octanol–water partition coefficient (Wildman–Crippen LogP) is 0.243. The van der Waals surface area contributed by atoms with Crippen molar-refractivity contribution in [3.63, 3.8) is 0 Å². The van der Waals surface area contributed by atoms with E-state index in [9.17, 15) is 9.59 Å². The number of nitrogen functional groups attached to an aromatic ring is 1. The highest BCUT2D eigenvalue weighted by molar-refractivity contribution is 5.93. The van der Waals surface area contributed by atoms with Crippen molar-refractivity contribution in [1.29, 1.82) is 0 Å². The molecule has 1 aromatic heterocycles. The third-order valence-corrected chi connectivity index (χ3v) is 2.16. The maximum absolute atomic E-state index is 11.5. The molecule has 1 heterocycles. The SMILES string of the molecule is CCCNC(=O)CCNC(=O)c1cc(N)c[nH]1. The normalized spacial score (nSPS) is 9.94. The summed E-state index contributed by atoms with van der Waals surface area (Å²) < 4.78 is 0. The van der Waals surface area contributed by atoms with Crippen molar-refractivity contribution in [1.82, 2.24) is 15.6 Å². The quantitative estimate of drug-likeness (QED) is 0.571. The van der Waals surface area contributed by atoms with Crippen LogP contribution in [-0.4, -0.2) is 29.9 Å². The van der Waals surface area contributed by atoms with Gasteiger partial charge in [-0.25, -0.2) is 0 Å². The summed E-state index contributed by atoms with van der Waals surface area (Å²) in [6, 6.07) is 1.55. The molecule has 0 bridgehead atoms. The Morgan fingerprint density at radius 3 is 2.71 bits per heavy atom. The van der Waals surface area contributed by atoms with Gasteiger partial charge in [-0.05, 0) is 12.5 Å². The van der Waals surface area contributed by atoms with E-state index in [1.54, 1.807) is 12.3 Å². The second-order valence-electron chi connectivity index (χ2n) is 3.70. The highest BCUT2D eigenvalue weighted by atomic mass is 16.2. The smallest absolute Gasteiger partial charge is 0.267 e. The van der Waals surface area contributed by atoms with Crippen molar-refractivity contribution >= 4 is 17.5 Å². The highest BCUT2D eigenvalue weighted by Crippen LogP contribution is 2.03. The Balaban J connectivity index is 2.23. The van der Waals surface area contributed by atoms with Crippen LogP contribution >= 0.6 is 0 Å². The number of H-pyrrole nitrogens is 1. The molecule has 1 aromatic rings. The fraction of sp³-hybridized carbons (Fsp3) is 0.455. The lowest BCUT2D eigenvalue weighted by Gasteiger charge is -2.04. The summed E-state index contributed by atoms with van der Waals surface area (Å²) in [6.45, 7) is 2.96. The Morgan fingerprint density at radius 2 is 2.12 bits per heavy atom. The Kier molecular flexibility index (Phi) is 5.06. The number of nitrogens with one attached hydrogen (secondary N) is 3. The number of nitrogens with two attached hydrogens (primary N) is 1. The van der Waals surface area contributed by atoms with Crippen LogP contribution < -0.4 is 16.4 Å². The minimum absolute atomic E-state index is 0.0573. The van der Waals surface area contributed by atoms with E-state index in [4.69, 9.17) is 5.73 Å². The van der Waals surface area contributed by atoms with Crippen LogP contribution in [-0.2, 0) is 4.79 Å². The van der Waals surface area contributed by atoms with Crippen molar-refractivity contribution in [2.75, 3.05) is 18.8 Å². The average Bonchev–Trinajstić information content (AvgIpc) is 2.73. The second-order valence-corrected chi connectivity index (χ2v) is 3.70. The van der Waals surface area contributed by atoms with Gasteiger partial charge in [-0.15, -0.1) is 0 Å². The van der Waals surface area contributed by atoms with Crippen molar-refractivity contribution in [3.05, 3.63) is 18.0 Å². The Morgan fingerprint density at radius 1 is 1.35 bits per heavy atom. The van der Waals surface area contributed by atoms with E-state index in [2.05, 4.69) is 15.6 Å². The molecular formula is C11H18N4O2. The van der Waals surface area contributed by atoms with Gasteiger partial charge in [0.05, 0.1) is 0 Å². The van der Waals surface area contributed by atoms with Crippen LogP contribution in [0.2, 0.25) is 0 Å². The molecule has 6 nitrogen and oxygen atoms in total. The van der Waals surface area contributed by atoms with E-state index in [0.29, 0.717) is 24.5 Å².